The van der Waals surface area contributed by atoms with Gasteiger partial charge in [0.2, 0.25) is 5.95 Å². The fraction of sp³-hybridized carbons (Fsp3) is 0.400. The summed E-state index contributed by atoms with van der Waals surface area (Å²) in [5.74, 6) is 1.57. The summed E-state index contributed by atoms with van der Waals surface area (Å²) in [4.78, 5) is 20.7. The van der Waals surface area contributed by atoms with Crippen molar-refractivity contribution in [2.75, 3.05) is 16.8 Å². The van der Waals surface area contributed by atoms with E-state index in [1.165, 1.54) is 5.56 Å². The first-order valence-corrected chi connectivity index (χ1v) is 9.15. The predicted molar refractivity (Wildman–Crippen MR) is 104 cm³/mol. The van der Waals surface area contributed by atoms with Crippen molar-refractivity contribution >= 4 is 22.8 Å². The minimum Gasteiger partial charge on any atom is -0.365 e. The molecule has 0 aliphatic carbocycles. The molecular formula is C20H24N6. The molecule has 3 aromatic rings. The molecule has 1 aliphatic heterocycles. The van der Waals surface area contributed by atoms with Crippen LogP contribution in [0.3, 0.4) is 0 Å². The molecule has 0 unspecified atom stereocenters. The van der Waals surface area contributed by atoms with Gasteiger partial charge in [0.15, 0.2) is 5.65 Å². The maximum absolute atomic E-state index is 4.83. The first-order chi connectivity index (χ1) is 12.6. The van der Waals surface area contributed by atoms with Gasteiger partial charge in [0, 0.05) is 36.7 Å². The van der Waals surface area contributed by atoms with E-state index >= 15 is 0 Å². The summed E-state index contributed by atoms with van der Waals surface area (Å²) in [7, 11) is 0. The van der Waals surface area contributed by atoms with E-state index in [0.29, 0.717) is 6.54 Å². The summed E-state index contributed by atoms with van der Waals surface area (Å²) in [6.45, 7) is 8.23. The van der Waals surface area contributed by atoms with Crippen molar-refractivity contribution in [3.8, 4) is 0 Å². The van der Waals surface area contributed by atoms with E-state index in [1.54, 1.807) is 6.20 Å². The first-order valence-electron chi connectivity index (χ1n) is 9.15. The van der Waals surface area contributed by atoms with Crippen LogP contribution in [0.2, 0.25) is 0 Å². The minimum atomic E-state index is 0.0957. The molecular weight excluding hydrogens is 324 g/mol. The number of nitrogens with zero attached hydrogens (tertiary/aromatic N) is 5. The number of pyridine rings is 2. The minimum absolute atomic E-state index is 0.0957. The summed E-state index contributed by atoms with van der Waals surface area (Å²) in [6.07, 6.45) is 5.68. The highest BCUT2D eigenvalue weighted by Gasteiger charge is 2.38. The van der Waals surface area contributed by atoms with Gasteiger partial charge in [0.25, 0.3) is 0 Å². The van der Waals surface area contributed by atoms with Crippen LogP contribution in [-0.4, -0.2) is 32.0 Å². The molecule has 4 rings (SSSR count). The van der Waals surface area contributed by atoms with Gasteiger partial charge < -0.3 is 10.2 Å². The standard InChI is InChI=1S/C20H24N6/c1-4-16-14(7-5-10-21-16)13-23-18-15-8-6-11-22-17(15)24-19(25-18)26-12-9-20(26,2)3/h5-8,10-11H,4,9,12-13H2,1-3H3,(H,22,23,24,25). The second-order valence-corrected chi connectivity index (χ2v) is 7.28. The van der Waals surface area contributed by atoms with Gasteiger partial charge in [0.05, 0.1) is 5.39 Å². The molecule has 0 radical (unpaired) electrons. The Kier molecular flexibility index (Phi) is 4.18. The molecule has 134 valence electrons. The number of hydrogen-bond acceptors (Lipinski definition) is 6. The lowest BCUT2D eigenvalue weighted by atomic mass is 9.89. The summed E-state index contributed by atoms with van der Waals surface area (Å²) in [5, 5.41) is 4.43. The number of rotatable bonds is 5. The molecule has 0 aromatic carbocycles. The van der Waals surface area contributed by atoms with Crippen molar-refractivity contribution in [1.29, 1.82) is 0 Å². The van der Waals surface area contributed by atoms with Crippen molar-refractivity contribution in [2.45, 2.75) is 45.7 Å². The van der Waals surface area contributed by atoms with E-state index in [4.69, 9.17) is 9.97 Å². The molecule has 26 heavy (non-hydrogen) atoms. The van der Waals surface area contributed by atoms with Gasteiger partial charge in [-0.05, 0) is 50.5 Å². The van der Waals surface area contributed by atoms with Crippen LogP contribution in [0.15, 0.2) is 36.7 Å². The molecule has 1 N–H and O–H groups in total. The highest BCUT2D eigenvalue weighted by Crippen LogP contribution is 2.34. The highest BCUT2D eigenvalue weighted by atomic mass is 15.3. The Balaban J connectivity index is 1.69. The summed E-state index contributed by atoms with van der Waals surface area (Å²) < 4.78 is 0. The molecule has 0 bridgehead atoms. The smallest absolute Gasteiger partial charge is 0.229 e. The molecule has 6 heteroatoms. The Hall–Kier alpha value is -2.76. The van der Waals surface area contributed by atoms with Crippen LogP contribution in [-0.2, 0) is 13.0 Å². The molecule has 6 nitrogen and oxygen atoms in total. The third kappa shape index (κ3) is 2.96. The normalized spacial score (nSPS) is 15.7. The number of anilines is 2. The highest BCUT2D eigenvalue weighted by molar-refractivity contribution is 5.87. The number of fused-ring (bicyclic) bond motifs is 1. The number of aromatic nitrogens is 4. The van der Waals surface area contributed by atoms with E-state index in [-0.39, 0.29) is 5.54 Å². The van der Waals surface area contributed by atoms with E-state index in [2.05, 4.69) is 47.0 Å². The Morgan fingerprint density at radius 2 is 1.92 bits per heavy atom. The third-order valence-electron chi connectivity index (χ3n) is 5.14. The molecule has 1 fully saturated rings. The zero-order valence-electron chi connectivity index (χ0n) is 15.5. The first kappa shape index (κ1) is 16.7. The van der Waals surface area contributed by atoms with Gasteiger partial charge in [-0.15, -0.1) is 0 Å². The van der Waals surface area contributed by atoms with Gasteiger partial charge in [0.1, 0.15) is 5.82 Å². The van der Waals surface area contributed by atoms with Crippen molar-refractivity contribution < 1.29 is 0 Å². The fourth-order valence-corrected chi connectivity index (χ4v) is 3.38. The van der Waals surface area contributed by atoms with Gasteiger partial charge in [-0.2, -0.15) is 9.97 Å². The number of aryl methyl sites for hydroxylation is 1. The van der Waals surface area contributed by atoms with Crippen molar-refractivity contribution in [2.24, 2.45) is 0 Å². The second-order valence-electron chi connectivity index (χ2n) is 7.28. The average molecular weight is 348 g/mol. The largest absolute Gasteiger partial charge is 0.365 e. The predicted octanol–water partition coefficient (Wildman–Crippen LogP) is 3.58. The van der Waals surface area contributed by atoms with Gasteiger partial charge in [-0.25, -0.2) is 4.98 Å². The lowest BCUT2D eigenvalue weighted by molar-refractivity contribution is 0.326. The molecule has 0 atom stereocenters. The maximum Gasteiger partial charge on any atom is 0.229 e. The summed E-state index contributed by atoms with van der Waals surface area (Å²) in [5.41, 5.74) is 3.13. The van der Waals surface area contributed by atoms with Crippen LogP contribution < -0.4 is 10.2 Å². The number of nitrogens with one attached hydrogen (secondary N) is 1. The molecule has 0 amide bonds. The van der Waals surface area contributed by atoms with E-state index < -0.39 is 0 Å². The molecule has 4 heterocycles. The molecule has 0 saturated carbocycles. The van der Waals surface area contributed by atoms with Gasteiger partial charge in [-0.1, -0.05) is 13.0 Å². The van der Waals surface area contributed by atoms with E-state index in [9.17, 15) is 0 Å². The fourth-order valence-electron chi connectivity index (χ4n) is 3.38. The van der Waals surface area contributed by atoms with Crippen molar-refractivity contribution in [1.82, 2.24) is 19.9 Å². The lowest BCUT2D eigenvalue weighted by Gasteiger charge is -2.48. The summed E-state index contributed by atoms with van der Waals surface area (Å²) in [6, 6.07) is 8.02. The Morgan fingerprint density at radius 1 is 1.12 bits per heavy atom. The van der Waals surface area contributed by atoms with Gasteiger partial charge in [-0.3, -0.25) is 4.98 Å². The summed E-state index contributed by atoms with van der Waals surface area (Å²) >= 11 is 0. The van der Waals surface area contributed by atoms with Crippen LogP contribution in [0.25, 0.3) is 11.0 Å². The van der Waals surface area contributed by atoms with Crippen LogP contribution in [0.5, 0.6) is 0 Å². The molecule has 3 aromatic heterocycles. The average Bonchev–Trinajstić information content (AvgIpc) is 2.65. The van der Waals surface area contributed by atoms with E-state index in [1.807, 2.05) is 24.4 Å². The monoisotopic (exact) mass is 348 g/mol. The van der Waals surface area contributed by atoms with Crippen LogP contribution in [0.1, 0.15) is 38.4 Å². The van der Waals surface area contributed by atoms with Crippen LogP contribution in [0, 0.1) is 0 Å². The number of hydrogen-bond donors (Lipinski definition) is 1. The molecule has 0 spiro atoms. The molecule has 1 aliphatic rings. The maximum atomic E-state index is 4.83. The topological polar surface area (TPSA) is 66.8 Å². The second kappa shape index (κ2) is 6.52. The third-order valence-corrected chi connectivity index (χ3v) is 5.14. The molecule has 1 saturated heterocycles. The Morgan fingerprint density at radius 3 is 2.65 bits per heavy atom. The zero-order valence-corrected chi connectivity index (χ0v) is 15.5. The van der Waals surface area contributed by atoms with Crippen molar-refractivity contribution in [3.63, 3.8) is 0 Å². The SMILES string of the molecule is CCc1ncccc1CNc1nc(N2CCC2(C)C)nc2ncccc12. The Bertz CT molecular complexity index is 936. The van der Waals surface area contributed by atoms with E-state index in [0.717, 1.165) is 47.9 Å². The lowest BCUT2D eigenvalue weighted by Crippen LogP contribution is -2.56. The van der Waals surface area contributed by atoms with Gasteiger partial charge >= 0.3 is 0 Å². The quantitative estimate of drug-likeness (QED) is 0.760. The van der Waals surface area contributed by atoms with Crippen molar-refractivity contribution in [3.05, 3.63) is 47.9 Å². The zero-order chi connectivity index (χ0) is 18.1. The van der Waals surface area contributed by atoms with Crippen LogP contribution in [0.4, 0.5) is 11.8 Å². The Labute approximate surface area is 153 Å². The van der Waals surface area contributed by atoms with Crippen LogP contribution >= 0.6 is 0 Å².